The van der Waals surface area contributed by atoms with Crippen molar-refractivity contribution in [2.24, 2.45) is 0 Å². The molecule has 0 N–H and O–H groups in total. The topological polar surface area (TPSA) is 45.3 Å². The maximum absolute atomic E-state index is 13.2. The number of methoxy groups -OCH3 is 2. The van der Waals surface area contributed by atoms with Gasteiger partial charge in [-0.05, 0) is 53.4 Å². The van der Waals surface area contributed by atoms with E-state index in [9.17, 15) is 4.79 Å². The lowest BCUT2D eigenvalue weighted by Crippen LogP contribution is -2.49. The zero-order valence-corrected chi connectivity index (χ0v) is 18.7. The fourth-order valence-corrected chi connectivity index (χ4v) is 5.18. The van der Waals surface area contributed by atoms with Crippen LogP contribution in [0.3, 0.4) is 0 Å². The number of carbonyl (C=O) groups is 1. The third-order valence-electron chi connectivity index (χ3n) is 6.18. The minimum Gasteiger partial charge on any atom is -0.497 e. The minimum absolute atomic E-state index is 0.0578. The summed E-state index contributed by atoms with van der Waals surface area (Å²) in [7, 11) is 3.35. The summed E-state index contributed by atoms with van der Waals surface area (Å²) in [6.07, 6.45) is 1.98. The van der Waals surface area contributed by atoms with Gasteiger partial charge in [0.2, 0.25) is 5.91 Å². The molecule has 30 heavy (non-hydrogen) atoms. The second-order valence-corrected chi connectivity index (χ2v) is 8.82. The van der Waals surface area contributed by atoms with Crippen molar-refractivity contribution < 1.29 is 14.3 Å². The van der Waals surface area contributed by atoms with Crippen LogP contribution in [0.1, 0.15) is 30.0 Å². The average Bonchev–Trinajstić information content (AvgIpc) is 3.46. The maximum Gasteiger partial charge on any atom is 0.237 e. The molecule has 1 atom stereocenters. The van der Waals surface area contributed by atoms with E-state index in [1.807, 2.05) is 23.1 Å². The van der Waals surface area contributed by atoms with E-state index in [-0.39, 0.29) is 11.9 Å². The fraction of sp³-hybridized carbons (Fsp3) is 0.522. The molecular formula is C23H31N3O3S. The number of thiophene rings is 1. The number of ether oxygens (including phenoxy) is 2. The summed E-state index contributed by atoms with van der Waals surface area (Å²) in [5.41, 5.74) is 2.43. The van der Waals surface area contributed by atoms with Gasteiger partial charge >= 0.3 is 0 Å². The van der Waals surface area contributed by atoms with Crippen LogP contribution in [0.2, 0.25) is 0 Å². The van der Waals surface area contributed by atoms with Crippen molar-refractivity contribution in [2.45, 2.75) is 25.4 Å². The molecule has 0 bridgehead atoms. The van der Waals surface area contributed by atoms with E-state index in [0.29, 0.717) is 6.54 Å². The van der Waals surface area contributed by atoms with Crippen LogP contribution in [0.5, 0.6) is 11.5 Å². The number of piperazine rings is 1. The van der Waals surface area contributed by atoms with Crippen molar-refractivity contribution in [2.75, 3.05) is 53.5 Å². The largest absolute Gasteiger partial charge is 0.497 e. The van der Waals surface area contributed by atoms with E-state index in [1.165, 1.54) is 5.56 Å². The SMILES string of the molecule is COc1ccc(OC)c([C@@H]2CCCN2C(=O)CN2CCN(Cc3ccsc3)CC2)c1. The molecule has 0 aliphatic carbocycles. The summed E-state index contributed by atoms with van der Waals surface area (Å²) in [5.74, 6) is 1.84. The van der Waals surface area contributed by atoms with Crippen molar-refractivity contribution in [3.05, 3.63) is 46.2 Å². The van der Waals surface area contributed by atoms with E-state index in [4.69, 9.17) is 9.47 Å². The first-order valence-electron chi connectivity index (χ1n) is 10.6. The summed E-state index contributed by atoms with van der Waals surface area (Å²) in [6.45, 7) is 6.21. The molecule has 0 unspecified atom stereocenters. The highest BCUT2D eigenvalue weighted by Crippen LogP contribution is 2.39. The Morgan fingerprint density at radius 3 is 2.57 bits per heavy atom. The molecule has 0 spiro atoms. The highest BCUT2D eigenvalue weighted by Gasteiger charge is 2.33. The molecule has 1 aromatic heterocycles. The molecular weight excluding hydrogens is 398 g/mol. The second kappa shape index (κ2) is 9.81. The van der Waals surface area contributed by atoms with Crippen LogP contribution in [0.4, 0.5) is 0 Å². The predicted octanol–water partition coefficient (Wildman–Crippen LogP) is 3.25. The van der Waals surface area contributed by atoms with Crippen molar-refractivity contribution in [1.82, 2.24) is 14.7 Å². The lowest BCUT2D eigenvalue weighted by molar-refractivity contribution is -0.133. The molecule has 2 aliphatic heterocycles. The first kappa shape index (κ1) is 21.2. The van der Waals surface area contributed by atoms with Crippen LogP contribution in [0, 0.1) is 0 Å². The highest BCUT2D eigenvalue weighted by molar-refractivity contribution is 7.07. The third-order valence-corrected chi connectivity index (χ3v) is 6.91. The lowest BCUT2D eigenvalue weighted by Gasteiger charge is -2.35. The summed E-state index contributed by atoms with van der Waals surface area (Å²) in [4.78, 5) is 20.0. The maximum atomic E-state index is 13.2. The minimum atomic E-state index is 0.0578. The van der Waals surface area contributed by atoms with Crippen LogP contribution < -0.4 is 9.47 Å². The van der Waals surface area contributed by atoms with Crippen LogP contribution in [0.15, 0.2) is 35.0 Å². The molecule has 2 saturated heterocycles. The molecule has 3 heterocycles. The Balaban J connectivity index is 1.35. The predicted molar refractivity (Wildman–Crippen MR) is 119 cm³/mol. The quantitative estimate of drug-likeness (QED) is 0.676. The van der Waals surface area contributed by atoms with Crippen LogP contribution in [0.25, 0.3) is 0 Å². The van der Waals surface area contributed by atoms with Gasteiger partial charge in [0, 0.05) is 44.8 Å². The molecule has 1 aromatic carbocycles. The number of carbonyl (C=O) groups excluding carboxylic acids is 1. The first-order chi connectivity index (χ1) is 14.7. The van der Waals surface area contributed by atoms with Gasteiger partial charge < -0.3 is 14.4 Å². The zero-order valence-electron chi connectivity index (χ0n) is 17.9. The van der Waals surface area contributed by atoms with E-state index < -0.39 is 0 Å². The molecule has 2 fully saturated rings. The highest BCUT2D eigenvalue weighted by atomic mass is 32.1. The summed E-state index contributed by atoms with van der Waals surface area (Å²) >= 11 is 1.75. The van der Waals surface area contributed by atoms with Gasteiger partial charge in [0.15, 0.2) is 0 Å². The summed E-state index contributed by atoms with van der Waals surface area (Å²) in [6, 6.07) is 8.10. The van der Waals surface area contributed by atoms with Gasteiger partial charge in [-0.2, -0.15) is 11.3 Å². The Bertz CT molecular complexity index is 834. The third kappa shape index (κ3) is 4.79. The van der Waals surface area contributed by atoms with Crippen molar-refractivity contribution in [3.8, 4) is 11.5 Å². The Hall–Kier alpha value is -2.09. The van der Waals surface area contributed by atoms with Crippen molar-refractivity contribution >= 4 is 17.2 Å². The van der Waals surface area contributed by atoms with Crippen LogP contribution in [-0.4, -0.2) is 74.1 Å². The van der Waals surface area contributed by atoms with Crippen molar-refractivity contribution in [1.29, 1.82) is 0 Å². The number of hydrogen-bond donors (Lipinski definition) is 0. The number of benzene rings is 1. The van der Waals surface area contributed by atoms with Gasteiger partial charge in [0.1, 0.15) is 11.5 Å². The molecule has 0 radical (unpaired) electrons. The second-order valence-electron chi connectivity index (χ2n) is 8.04. The number of hydrogen-bond acceptors (Lipinski definition) is 6. The fourth-order valence-electron chi connectivity index (χ4n) is 4.52. The van der Waals surface area contributed by atoms with E-state index in [2.05, 4.69) is 26.6 Å². The first-order valence-corrected chi connectivity index (χ1v) is 11.6. The molecule has 162 valence electrons. The van der Waals surface area contributed by atoms with Gasteiger partial charge in [-0.25, -0.2) is 0 Å². The Kier molecular flexibility index (Phi) is 6.92. The Morgan fingerprint density at radius 1 is 1.07 bits per heavy atom. The molecule has 7 heteroatoms. The van der Waals surface area contributed by atoms with E-state index in [0.717, 1.165) is 69.2 Å². The summed E-state index contributed by atoms with van der Waals surface area (Å²) in [5, 5.41) is 4.35. The molecule has 2 aromatic rings. The smallest absolute Gasteiger partial charge is 0.237 e. The standard InChI is InChI=1S/C23H31N3O3S/c1-28-19-5-6-22(29-2)20(14-19)21-4-3-8-26(21)23(27)16-25-11-9-24(10-12-25)15-18-7-13-30-17-18/h5-7,13-14,17,21H,3-4,8-12,15-16H2,1-2H3/t21-/m0/s1. The Morgan fingerprint density at radius 2 is 1.87 bits per heavy atom. The van der Waals surface area contributed by atoms with Gasteiger partial charge in [-0.15, -0.1) is 0 Å². The molecule has 1 amide bonds. The zero-order chi connectivity index (χ0) is 20.9. The average molecular weight is 430 g/mol. The molecule has 4 rings (SSSR count). The van der Waals surface area contributed by atoms with Gasteiger partial charge in [-0.1, -0.05) is 0 Å². The van der Waals surface area contributed by atoms with E-state index >= 15 is 0 Å². The number of nitrogens with zero attached hydrogens (tertiary/aromatic N) is 3. The number of likely N-dealkylation sites (tertiary alicyclic amines) is 1. The van der Waals surface area contributed by atoms with Gasteiger partial charge in [0.25, 0.3) is 0 Å². The lowest BCUT2D eigenvalue weighted by atomic mass is 10.0. The number of amides is 1. The molecule has 0 saturated carbocycles. The molecule has 2 aliphatic rings. The van der Waals surface area contributed by atoms with Crippen LogP contribution >= 0.6 is 11.3 Å². The van der Waals surface area contributed by atoms with Crippen LogP contribution in [-0.2, 0) is 11.3 Å². The normalized spacial score (nSPS) is 20.5. The van der Waals surface area contributed by atoms with Gasteiger partial charge in [-0.3, -0.25) is 14.6 Å². The van der Waals surface area contributed by atoms with Gasteiger partial charge in [0.05, 0.1) is 26.8 Å². The Labute approximate surface area is 183 Å². The summed E-state index contributed by atoms with van der Waals surface area (Å²) < 4.78 is 11.0. The van der Waals surface area contributed by atoms with E-state index in [1.54, 1.807) is 25.6 Å². The monoisotopic (exact) mass is 429 g/mol. The van der Waals surface area contributed by atoms with Crippen molar-refractivity contribution in [3.63, 3.8) is 0 Å². The number of rotatable bonds is 7. The molecule has 6 nitrogen and oxygen atoms in total.